The molecule has 0 bridgehead atoms. The van der Waals surface area contributed by atoms with Gasteiger partial charge in [-0.05, 0) is 48.2 Å². The quantitative estimate of drug-likeness (QED) is 0.288. The Hall–Kier alpha value is -1.98. The molecule has 2 atom stereocenters. The Labute approximate surface area is 208 Å². The predicted octanol–water partition coefficient (Wildman–Crippen LogP) is 7.64. The monoisotopic (exact) mass is 516 g/mol. The number of hydrogen-bond acceptors (Lipinski definition) is 3. The molecule has 0 saturated carbocycles. The van der Waals surface area contributed by atoms with Crippen molar-refractivity contribution in [2.24, 2.45) is 5.92 Å². The summed E-state index contributed by atoms with van der Waals surface area (Å²) in [6, 6.07) is 9.95. The molecular formula is C24H24Cl4O4. The molecule has 4 nitrogen and oxygen atoms in total. The summed E-state index contributed by atoms with van der Waals surface area (Å²) in [7, 11) is 0. The highest BCUT2D eigenvalue weighted by molar-refractivity contribution is 6.42. The molecule has 0 fully saturated rings. The number of rotatable bonds is 8. The van der Waals surface area contributed by atoms with Crippen LogP contribution in [0.1, 0.15) is 30.9 Å². The number of halogens is 4. The molecule has 0 saturated heterocycles. The Morgan fingerprint density at radius 3 is 2.12 bits per heavy atom. The molecule has 0 aromatic heterocycles. The van der Waals surface area contributed by atoms with Crippen LogP contribution in [-0.2, 0) is 20.7 Å². The third-order valence-electron chi connectivity index (χ3n) is 4.38. The van der Waals surface area contributed by atoms with E-state index in [0.29, 0.717) is 32.3 Å². The van der Waals surface area contributed by atoms with Gasteiger partial charge in [0.05, 0.1) is 32.4 Å². The number of carbonyl (C=O) groups is 2. The largest absolute Gasteiger partial charge is 0.481 e. The fourth-order valence-electron chi connectivity index (χ4n) is 2.62. The van der Waals surface area contributed by atoms with Gasteiger partial charge >= 0.3 is 11.9 Å². The standard InChI is InChI=1S/2C12H12Cl2O2/c1-3-7(2)11(12(15)16)8-4-5-9(13)10(14)6-8;1-2-3-6-16-12(15)8-9-4-5-10(13)11(14)7-9/h3-7,11H,1H2,2H3,(H,15,16);2-5,7H,6,8H2,1H3/b;3-2+. The van der Waals surface area contributed by atoms with Crippen LogP contribution in [-0.4, -0.2) is 23.7 Å². The predicted molar refractivity (Wildman–Crippen MR) is 132 cm³/mol. The summed E-state index contributed by atoms with van der Waals surface area (Å²) < 4.78 is 4.95. The fraction of sp³-hybridized carbons (Fsp3) is 0.250. The topological polar surface area (TPSA) is 63.6 Å². The summed E-state index contributed by atoms with van der Waals surface area (Å²) in [6.45, 7) is 7.58. The molecule has 2 aromatic carbocycles. The van der Waals surface area contributed by atoms with Crippen molar-refractivity contribution in [2.75, 3.05) is 6.61 Å². The zero-order valence-electron chi connectivity index (χ0n) is 17.7. The average molecular weight is 518 g/mol. The third kappa shape index (κ3) is 9.25. The van der Waals surface area contributed by atoms with Crippen LogP contribution < -0.4 is 0 Å². The van der Waals surface area contributed by atoms with Gasteiger partial charge in [0.2, 0.25) is 0 Å². The fourth-order valence-corrected chi connectivity index (χ4v) is 3.24. The Morgan fingerprint density at radius 1 is 1.03 bits per heavy atom. The van der Waals surface area contributed by atoms with Crippen molar-refractivity contribution in [3.63, 3.8) is 0 Å². The smallest absolute Gasteiger partial charge is 0.311 e. The van der Waals surface area contributed by atoms with Crippen molar-refractivity contribution >= 4 is 58.3 Å². The van der Waals surface area contributed by atoms with E-state index in [1.54, 1.807) is 55.5 Å². The second-order valence-corrected chi connectivity index (χ2v) is 8.39. The molecule has 0 heterocycles. The molecular weight excluding hydrogens is 494 g/mol. The molecule has 0 aliphatic carbocycles. The van der Waals surface area contributed by atoms with Crippen LogP contribution in [0.2, 0.25) is 20.1 Å². The molecule has 0 amide bonds. The highest BCUT2D eigenvalue weighted by Gasteiger charge is 2.25. The first-order valence-electron chi connectivity index (χ1n) is 9.61. The minimum atomic E-state index is -0.897. The van der Waals surface area contributed by atoms with Gasteiger partial charge in [0.1, 0.15) is 6.61 Å². The lowest BCUT2D eigenvalue weighted by molar-refractivity contribution is -0.142. The van der Waals surface area contributed by atoms with E-state index in [1.807, 2.05) is 13.0 Å². The van der Waals surface area contributed by atoms with Gasteiger partial charge in [-0.3, -0.25) is 9.59 Å². The first-order chi connectivity index (χ1) is 15.1. The number of carbonyl (C=O) groups excluding carboxylic acids is 1. The molecule has 32 heavy (non-hydrogen) atoms. The maximum absolute atomic E-state index is 11.4. The van der Waals surface area contributed by atoms with Crippen LogP contribution in [0.4, 0.5) is 0 Å². The van der Waals surface area contributed by atoms with E-state index in [2.05, 4.69) is 6.58 Å². The van der Waals surface area contributed by atoms with E-state index in [-0.39, 0.29) is 18.3 Å². The second-order valence-electron chi connectivity index (χ2n) is 6.76. The lowest BCUT2D eigenvalue weighted by atomic mass is 9.87. The van der Waals surface area contributed by atoms with Crippen LogP contribution in [0.3, 0.4) is 0 Å². The molecule has 172 valence electrons. The van der Waals surface area contributed by atoms with Gasteiger partial charge in [0, 0.05) is 0 Å². The highest BCUT2D eigenvalue weighted by Crippen LogP contribution is 2.31. The molecule has 2 rings (SSSR count). The number of benzene rings is 2. The second kappa shape index (κ2) is 14.2. The summed E-state index contributed by atoms with van der Waals surface area (Å²) >= 11 is 23.2. The van der Waals surface area contributed by atoms with Crippen molar-refractivity contribution in [2.45, 2.75) is 26.2 Å². The SMILES string of the molecule is C/C=C/COC(=O)Cc1ccc(Cl)c(Cl)c1.C=CC(C)C(C(=O)O)c1ccc(Cl)c(Cl)c1. The summed E-state index contributed by atoms with van der Waals surface area (Å²) in [5.74, 6) is -2.00. The molecule has 0 spiro atoms. The lowest BCUT2D eigenvalue weighted by Crippen LogP contribution is -2.18. The minimum Gasteiger partial charge on any atom is -0.481 e. The van der Waals surface area contributed by atoms with Crippen LogP contribution in [0.5, 0.6) is 0 Å². The summed E-state index contributed by atoms with van der Waals surface area (Å²) in [4.78, 5) is 22.5. The van der Waals surface area contributed by atoms with Gasteiger partial charge in [0.25, 0.3) is 0 Å². The van der Waals surface area contributed by atoms with Crippen LogP contribution in [0, 0.1) is 5.92 Å². The Kier molecular flexibility index (Phi) is 12.5. The van der Waals surface area contributed by atoms with Gasteiger partial charge in [-0.2, -0.15) is 0 Å². The Bertz CT molecular complexity index is 972. The van der Waals surface area contributed by atoms with E-state index >= 15 is 0 Å². The number of aliphatic carboxylic acids is 1. The number of hydrogen-bond donors (Lipinski definition) is 1. The van der Waals surface area contributed by atoms with Crippen molar-refractivity contribution in [1.82, 2.24) is 0 Å². The first kappa shape index (κ1) is 28.1. The molecule has 1 N–H and O–H groups in total. The zero-order valence-corrected chi connectivity index (χ0v) is 20.7. The van der Waals surface area contributed by atoms with Crippen LogP contribution in [0.25, 0.3) is 0 Å². The maximum Gasteiger partial charge on any atom is 0.311 e. The van der Waals surface area contributed by atoms with E-state index in [1.165, 1.54) is 0 Å². The third-order valence-corrected chi connectivity index (χ3v) is 5.85. The lowest BCUT2D eigenvalue weighted by Gasteiger charge is -2.17. The molecule has 2 unspecified atom stereocenters. The van der Waals surface area contributed by atoms with Gasteiger partial charge < -0.3 is 9.84 Å². The van der Waals surface area contributed by atoms with E-state index in [0.717, 1.165) is 5.56 Å². The number of esters is 1. The number of ether oxygens (including phenoxy) is 1. The average Bonchev–Trinajstić information content (AvgIpc) is 2.73. The van der Waals surface area contributed by atoms with E-state index in [4.69, 9.17) is 56.2 Å². The molecule has 0 aliphatic heterocycles. The Morgan fingerprint density at radius 2 is 1.62 bits per heavy atom. The zero-order chi connectivity index (χ0) is 24.3. The number of carboxylic acid groups (broad SMARTS) is 1. The van der Waals surface area contributed by atoms with Crippen molar-refractivity contribution in [1.29, 1.82) is 0 Å². The van der Waals surface area contributed by atoms with Crippen LogP contribution in [0.15, 0.2) is 61.2 Å². The molecule has 0 aliphatic rings. The first-order valence-corrected chi connectivity index (χ1v) is 11.1. The van der Waals surface area contributed by atoms with Crippen LogP contribution >= 0.6 is 46.4 Å². The van der Waals surface area contributed by atoms with Crippen molar-refractivity contribution in [3.05, 3.63) is 92.4 Å². The summed E-state index contributed by atoms with van der Waals surface area (Å²) in [5.41, 5.74) is 1.43. The molecule has 8 heteroatoms. The number of allylic oxidation sites excluding steroid dienone is 2. The molecule has 2 aromatic rings. The van der Waals surface area contributed by atoms with Gasteiger partial charge in [-0.15, -0.1) is 6.58 Å². The summed E-state index contributed by atoms with van der Waals surface area (Å²) in [6.07, 6.45) is 5.41. The number of carboxylic acids is 1. The Balaban J connectivity index is 0.000000320. The molecule has 0 radical (unpaired) electrons. The van der Waals surface area contributed by atoms with Crippen molar-refractivity contribution in [3.8, 4) is 0 Å². The minimum absolute atomic E-state index is 0.172. The highest BCUT2D eigenvalue weighted by atomic mass is 35.5. The van der Waals surface area contributed by atoms with Crippen molar-refractivity contribution < 1.29 is 19.4 Å². The summed E-state index contributed by atoms with van der Waals surface area (Å²) in [5, 5.41) is 10.9. The van der Waals surface area contributed by atoms with Gasteiger partial charge in [-0.1, -0.05) is 83.7 Å². The van der Waals surface area contributed by atoms with Gasteiger partial charge in [-0.25, -0.2) is 0 Å². The van der Waals surface area contributed by atoms with E-state index < -0.39 is 11.9 Å². The normalized spacial score (nSPS) is 12.4. The van der Waals surface area contributed by atoms with E-state index in [9.17, 15) is 9.59 Å². The maximum atomic E-state index is 11.4. The van der Waals surface area contributed by atoms with Gasteiger partial charge in [0.15, 0.2) is 0 Å².